The lowest BCUT2D eigenvalue weighted by molar-refractivity contribution is 0.0904. The molecule has 2 nitrogen and oxygen atoms in total. The number of fused-ring (bicyclic) bond motifs is 1. The van der Waals surface area contributed by atoms with Crippen LogP contribution in [0.15, 0.2) is 12.1 Å². The molecule has 0 bridgehead atoms. The van der Waals surface area contributed by atoms with Gasteiger partial charge in [-0.15, -0.1) is 0 Å². The monoisotopic (exact) mass is 242 g/mol. The van der Waals surface area contributed by atoms with E-state index >= 15 is 0 Å². The molecule has 0 saturated heterocycles. The lowest BCUT2D eigenvalue weighted by atomic mass is 9.61. The van der Waals surface area contributed by atoms with E-state index in [-0.39, 0.29) is 0 Å². The Hall–Kier alpha value is -1.02. The van der Waals surface area contributed by atoms with Gasteiger partial charge < -0.3 is 5.73 Å². The highest BCUT2D eigenvalue weighted by Crippen LogP contribution is 2.62. The van der Waals surface area contributed by atoms with Crippen LogP contribution in [0.1, 0.15) is 49.3 Å². The van der Waals surface area contributed by atoms with Gasteiger partial charge in [0.05, 0.1) is 0 Å². The quantitative estimate of drug-likeness (QED) is 0.709. The second kappa shape index (κ2) is 3.11. The number of likely N-dealkylation sites (N-methyl/N-ethyl adjacent to an activating group) is 1. The average molecular weight is 242 g/mol. The van der Waals surface area contributed by atoms with Gasteiger partial charge >= 0.3 is 0 Å². The summed E-state index contributed by atoms with van der Waals surface area (Å²) in [6.07, 6.45) is 6.65. The molecular formula is C16H22N2. The number of rotatable bonds is 0. The summed E-state index contributed by atoms with van der Waals surface area (Å²) in [5.41, 5.74) is 12.6. The lowest BCUT2D eigenvalue weighted by Crippen LogP contribution is -2.55. The Kier molecular flexibility index (Phi) is 1.87. The molecule has 4 rings (SSSR count). The van der Waals surface area contributed by atoms with Crippen LogP contribution in [0.2, 0.25) is 0 Å². The van der Waals surface area contributed by atoms with Crippen molar-refractivity contribution in [2.75, 3.05) is 12.8 Å². The van der Waals surface area contributed by atoms with Crippen LogP contribution < -0.4 is 5.73 Å². The minimum absolute atomic E-state index is 0.372. The summed E-state index contributed by atoms with van der Waals surface area (Å²) in [5.74, 6) is 0. The SMILES string of the molecule is CN1Cc2cc(N)cc3c2C(C)(CCC3)C12CC2. The zero-order valence-corrected chi connectivity index (χ0v) is 11.4. The van der Waals surface area contributed by atoms with Crippen molar-refractivity contribution >= 4 is 5.69 Å². The number of nitrogens with two attached hydrogens (primary N) is 1. The molecule has 0 aromatic heterocycles. The molecule has 1 fully saturated rings. The molecule has 1 heterocycles. The van der Waals surface area contributed by atoms with Crippen LogP contribution in [0.5, 0.6) is 0 Å². The highest BCUT2D eigenvalue weighted by molar-refractivity contribution is 5.57. The summed E-state index contributed by atoms with van der Waals surface area (Å²) in [6.45, 7) is 3.59. The van der Waals surface area contributed by atoms with Gasteiger partial charge in [0.15, 0.2) is 0 Å². The van der Waals surface area contributed by atoms with Crippen molar-refractivity contribution in [1.29, 1.82) is 0 Å². The van der Waals surface area contributed by atoms with Crippen molar-refractivity contribution in [3.05, 3.63) is 28.8 Å². The number of nitrogen functional groups attached to an aromatic ring is 1. The van der Waals surface area contributed by atoms with E-state index in [0.29, 0.717) is 11.0 Å². The van der Waals surface area contributed by atoms with Crippen molar-refractivity contribution < 1.29 is 0 Å². The number of aryl methyl sites for hydroxylation is 1. The van der Waals surface area contributed by atoms with E-state index in [1.54, 1.807) is 5.56 Å². The second-order valence-corrected chi connectivity index (χ2v) is 6.79. The maximum atomic E-state index is 6.08. The topological polar surface area (TPSA) is 29.3 Å². The van der Waals surface area contributed by atoms with Gasteiger partial charge in [0.25, 0.3) is 0 Å². The molecule has 1 aromatic carbocycles. The first-order valence-corrected chi connectivity index (χ1v) is 7.20. The third kappa shape index (κ3) is 1.08. The predicted molar refractivity (Wildman–Crippen MR) is 74.6 cm³/mol. The van der Waals surface area contributed by atoms with Gasteiger partial charge in [-0.25, -0.2) is 0 Å². The zero-order chi connectivity index (χ0) is 12.5. The van der Waals surface area contributed by atoms with E-state index in [2.05, 4.69) is 31.0 Å². The van der Waals surface area contributed by atoms with Crippen LogP contribution in [0, 0.1) is 0 Å². The van der Waals surface area contributed by atoms with Crippen molar-refractivity contribution in [1.82, 2.24) is 4.90 Å². The smallest absolute Gasteiger partial charge is 0.0320 e. The van der Waals surface area contributed by atoms with Gasteiger partial charge in [-0.1, -0.05) is 6.92 Å². The third-order valence-corrected chi connectivity index (χ3v) is 5.89. The molecule has 96 valence electrons. The Labute approximate surface area is 109 Å². The molecule has 2 aliphatic carbocycles. The summed E-state index contributed by atoms with van der Waals surface area (Å²) in [4.78, 5) is 2.60. The van der Waals surface area contributed by atoms with Gasteiger partial charge in [0, 0.05) is 23.2 Å². The number of nitrogens with zero attached hydrogens (tertiary/aromatic N) is 1. The van der Waals surface area contributed by atoms with Crippen LogP contribution in [-0.2, 0) is 18.4 Å². The molecule has 2 N–H and O–H groups in total. The van der Waals surface area contributed by atoms with Crippen LogP contribution >= 0.6 is 0 Å². The molecule has 1 aromatic rings. The molecule has 3 aliphatic rings. The van der Waals surface area contributed by atoms with E-state index in [9.17, 15) is 0 Å². The highest BCUT2D eigenvalue weighted by Gasteiger charge is 2.62. The predicted octanol–water partition coefficient (Wildman–Crippen LogP) is 2.84. The maximum absolute atomic E-state index is 6.08. The Morgan fingerprint density at radius 1 is 1.17 bits per heavy atom. The Balaban J connectivity index is 2.01. The highest BCUT2D eigenvalue weighted by atomic mass is 15.2. The fraction of sp³-hybridized carbons (Fsp3) is 0.625. The maximum Gasteiger partial charge on any atom is 0.0320 e. The van der Waals surface area contributed by atoms with Crippen LogP contribution in [-0.4, -0.2) is 17.5 Å². The molecule has 1 spiro atoms. The fourth-order valence-corrected chi connectivity index (χ4v) is 4.93. The minimum Gasteiger partial charge on any atom is -0.399 e. The summed E-state index contributed by atoms with van der Waals surface area (Å²) >= 11 is 0. The van der Waals surface area contributed by atoms with Crippen molar-refractivity contribution in [3.8, 4) is 0 Å². The average Bonchev–Trinajstić information content (AvgIpc) is 3.07. The van der Waals surface area contributed by atoms with Gasteiger partial charge in [-0.05, 0) is 68.0 Å². The van der Waals surface area contributed by atoms with Crippen LogP contribution in [0.4, 0.5) is 5.69 Å². The first-order chi connectivity index (χ1) is 8.57. The Morgan fingerprint density at radius 3 is 2.61 bits per heavy atom. The van der Waals surface area contributed by atoms with Crippen molar-refractivity contribution in [3.63, 3.8) is 0 Å². The molecular weight excluding hydrogens is 220 g/mol. The standard InChI is InChI=1S/C16H22N2/c1-15-5-3-4-11-8-13(17)9-12(14(11)15)10-18(2)16(15)6-7-16/h8-9H,3-7,10,17H2,1-2H3. The molecule has 18 heavy (non-hydrogen) atoms. The summed E-state index contributed by atoms with van der Waals surface area (Å²) in [7, 11) is 2.30. The molecule has 1 unspecified atom stereocenters. The van der Waals surface area contributed by atoms with Crippen molar-refractivity contribution in [2.24, 2.45) is 0 Å². The van der Waals surface area contributed by atoms with Gasteiger partial charge in [0.2, 0.25) is 0 Å². The molecule has 0 amide bonds. The van der Waals surface area contributed by atoms with Crippen LogP contribution in [0.3, 0.4) is 0 Å². The van der Waals surface area contributed by atoms with E-state index in [0.717, 1.165) is 12.2 Å². The Bertz CT molecular complexity index is 530. The minimum atomic E-state index is 0.372. The largest absolute Gasteiger partial charge is 0.399 e. The van der Waals surface area contributed by atoms with E-state index in [4.69, 9.17) is 5.73 Å². The van der Waals surface area contributed by atoms with E-state index in [1.807, 2.05) is 0 Å². The molecule has 1 aliphatic heterocycles. The first kappa shape index (κ1) is 10.9. The van der Waals surface area contributed by atoms with Gasteiger partial charge in [0.1, 0.15) is 0 Å². The van der Waals surface area contributed by atoms with Gasteiger partial charge in [-0.3, -0.25) is 4.90 Å². The van der Waals surface area contributed by atoms with Gasteiger partial charge in [-0.2, -0.15) is 0 Å². The van der Waals surface area contributed by atoms with E-state index in [1.165, 1.54) is 43.2 Å². The third-order valence-electron chi connectivity index (χ3n) is 5.89. The zero-order valence-electron chi connectivity index (χ0n) is 11.4. The normalized spacial score (nSPS) is 32.3. The number of hydrogen-bond donors (Lipinski definition) is 1. The molecule has 1 saturated carbocycles. The summed E-state index contributed by atoms with van der Waals surface area (Å²) < 4.78 is 0. The van der Waals surface area contributed by atoms with Crippen LogP contribution in [0.25, 0.3) is 0 Å². The number of benzene rings is 1. The fourth-order valence-electron chi connectivity index (χ4n) is 4.93. The number of hydrogen-bond acceptors (Lipinski definition) is 2. The summed E-state index contributed by atoms with van der Waals surface area (Å²) in [6, 6.07) is 4.45. The van der Waals surface area contributed by atoms with E-state index < -0.39 is 0 Å². The van der Waals surface area contributed by atoms with Crippen molar-refractivity contribution in [2.45, 2.75) is 56.5 Å². The second-order valence-electron chi connectivity index (χ2n) is 6.79. The molecule has 1 atom stereocenters. The number of anilines is 1. The molecule has 2 heteroatoms. The summed E-state index contributed by atoms with van der Waals surface area (Å²) in [5, 5.41) is 0. The first-order valence-electron chi connectivity index (χ1n) is 7.20. The Morgan fingerprint density at radius 2 is 1.89 bits per heavy atom. The molecule has 0 radical (unpaired) electrons. The lowest BCUT2D eigenvalue weighted by Gasteiger charge is -2.52.